The second-order valence-corrected chi connectivity index (χ2v) is 4.14. The summed E-state index contributed by atoms with van der Waals surface area (Å²) in [4.78, 5) is 4.33. The topological polar surface area (TPSA) is 50.9 Å². The summed E-state index contributed by atoms with van der Waals surface area (Å²) >= 11 is 3.47. The van der Waals surface area contributed by atoms with Crippen molar-refractivity contribution >= 4 is 38.2 Å². The molecule has 0 unspecified atom stereocenters. The number of nitrogen functional groups attached to an aromatic ring is 1. The van der Waals surface area contributed by atoms with Gasteiger partial charge in [0, 0.05) is 33.7 Å². The highest BCUT2D eigenvalue weighted by Gasteiger charge is 2.05. The first kappa shape index (κ1) is 10.2. The molecule has 2 aromatic rings. The van der Waals surface area contributed by atoms with Crippen LogP contribution in [0.1, 0.15) is 6.92 Å². The summed E-state index contributed by atoms with van der Waals surface area (Å²) in [5.41, 5.74) is 6.52. The van der Waals surface area contributed by atoms with Crippen LogP contribution in [0.4, 0.5) is 11.5 Å². The van der Waals surface area contributed by atoms with Crippen LogP contribution in [0.5, 0.6) is 0 Å². The molecule has 0 saturated carbocycles. The van der Waals surface area contributed by atoms with E-state index < -0.39 is 0 Å². The fraction of sp³-hybridized carbons (Fsp3) is 0.182. The number of anilines is 2. The Morgan fingerprint density at radius 3 is 2.93 bits per heavy atom. The van der Waals surface area contributed by atoms with Crippen molar-refractivity contribution < 1.29 is 0 Å². The summed E-state index contributed by atoms with van der Waals surface area (Å²) in [5.74, 6) is 0.899. The van der Waals surface area contributed by atoms with E-state index in [9.17, 15) is 0 Å². The second kappa shape index (κ2) is 4.06. The van der Waals surface area contributed by atoms with Crippen molar-refractivity contribution in [3.05, 3.63) is 28.9 Å². The van der Waals surface area contributed by atoms with Crippen molar-refractivity contribution in [2.75, 3.05) is 17.6 Å². The van der Waals surface area contributed by atoms with Crippen LogP contribution in [0, 0.1) is 0 Å². The van der Waals surface area contributed by atoms with Gasteiger partial charge in [-0.25, -0.2) is 4.98 Å². The number of nitrogens with zero attached hydrogens (tertiary/aromatic N) is 1. The lowest BCUT2D eigenvalue weighted by Gasteiger charge is -2.08. The van der Waals surface area contributed by atoms with Gasteiger partial charge in [0.1, 0.15) is 5.82 Å². The van der Waals surface area contributed by atoms with Crippen LogP contribution in [0.2, 0.25) is 0 Å². The first-order chi connectivity index (χ1) is 7.22. The predicted molar refractivity (Wildman–Crippen MR) is 68.0 cm³/mol. The van der Waals surface area contributed by atoms with Crippen LogP contribution in [0.25, 0.3) is 10.8 Å². The molecule has 0 radical (unpaired) electrons. The zero-order chi connectivity index (χ0) is 10.8. The van der Waals surface area contributed by atoms with Crippen LogP contribution in [-0.4, -0.2) is 11.5 Å². The van der Waals surface area contributed by atoms with Crippen molar-refractivity contribution in [2.45, 2.75) is 6.92 Å². The standard InChI is InChI=1S/C11H12BrN3/c1-2-14-11-8-4-3-7(13)5-9(8)10(12)6-15-11/h3-6H,2,13H2,1H3,(H,14,15). The zero-order valence-electron chi connectivity index (χ0n) is 8.42. The van der Waals surface area contributed by atoms with Gasteiger partial charge in [-0.2, -0.15) is 0 Å². The van der Waals surface area contributed by atoms with E-state index in [0.717, 1.165) is 33.3 Å². The summed E-state index contributed by atoms with van der Waals surface area (Å²) in [6.07, 6.45) is 1.79. The molecule has 0 saturated heterocycles. The van der Waals surface area contributed by atoms with E-state index in [0.29, 0.717) is 0 Å². The maximum absolute atomic E-state index is 5.76. The molecule has 0 bridgehead atoms. The van der Waals surface area contributed by atoms with Crippen LogP contribution in [0.3, 0.4) is 0 Å². The zero-order valence-corrected chi connectivity index (χ0v) is 10.0. The van der Waals surface area contributed by atoms with Crippen molar-refractivity contribution in [3.8, 4) is 0 Å². The van der Waals surface area contributed by atoms with Crippen molar-refractivity contribution in [1.82, 2.24) is 4.98 Å². The average Bonchev–Trinajstić information content (AvgIpc) is 2.23. The maximum atomic E-state index is 5.76. The SMILES string of the molecule is CCNc1ncc(Br)c2cc(N)ccc12. The highest BCUT2D eigenvalue weighted by Crippen LogP contribution is 2.29. The third-order valence-corrected chi connectivity index (χ3v) is 2.84. The van der Waals surface area contributed by atoms with E-state index in [-0.39, 0.29) is 0 Å². The maximum Gasteiger partial charge on any atom is 0.133 e. The van der Waals surface area contributed by atoms with Gasteiger partial charge in [-0.05, 0) is 41.1 Å². The number of fused-ring (bicyclic) bond motifs is 1. The van der Waals surface area contributed by atoms with Gasteiger partial charge in [0.2, 0.25) is 0 Å². The number of hydrogen-bond acceptors (Lipinski definition) is 3. The Hall–Kier alpha value is -1.29. The fourth-order valence-electron chi connectivity index (χ4n) is 1.53. The van der Waals surface area contributed by atoms with Gasteiger partial charge in [0.05, 0.1) is 0 Å². The van der Waals surface area contributed by atoms with E-state index >= 15 is 0 Å². The Morgan fingerprint density at radius 2 is 2.20 bits per heavy atom. The van der Waals surface area contributed by atoms with Crippen LogP contribution < -0.4 is 11.1 Å². The summed E-state index contributed by atoms with van der Waals surface area (Å²) in [5, 5.41) is 5.39. The number of nitrogens with one attached hydrogen (secondary N) is 1. The van der Waals surface area contributed by atoms with Gasteiger partial charge in [0.15, 0.2) is 0 Å². The molecule has 0 fully saturated rings. The number of benzene rings is 1. The number of halogens is 1. The van der Waals surface area contributed by atoms with Gasteiger partial charge >= 0.3 is 0 Å². The number of rotatable bonds is 2. The van der Waals surface area contributed by atoms with Crippen LogP contribution in [0.15, 0.2) is 28.9 Å². The Balaban J connectivity index is 2.71. The highest BCUT2D eigenvalue weighted by molar-refractivity contribution is 9.10. The molecule has 0 spiro atoms. The van der Waals surface area contributed by atoms with E-state index in [4.69, 9.17) is 5.73 Å². The van der Waals surface area contributed by atoms with Gasteiger partial charge < -0.3 is 11.1 Å². The molecule has 0 aliphatic heterocycles. The van der Waals surface area contributed by atoms with Gasteiger partial charge in [-0.15, -0.1) is 0 Å². The third-order valence-electron chi connectivity index (χ3n) is 2.21. The molecule has 0 amide bonds. The first-order valence-corrected chi connectivity index (χ1v) is 5.59. The molecule has 3 N–H and O–H groups in total. The molecule has 4 heteroatoms. The Kier molecular flexibility index (Phi) is 2.77. The molecule has 1 heterocycles. The van der Waals surface area contributed by atoms with Gasteiger partial charge in [-0.3, -0.25) is 0 Å². The minimum absolute atomic E-state index is 0.761. The first-order valence-electron chi connectivity index (χ1n) is 4.80. The smallest absolute Gasteiger partial charge is 0.133 e. The minimum Gasteiger partial charge on any atom is -0.399 e. The molecular formula is C11H12BrN3. The molecule has 78 valence electrons. The predicted octanol–water partition coefficient (Wildman–Crippen LogP) is 3.01. The molecule has 2 rings (SSSR count). The molecular weight excluding hydrogens is 254 g/mol. The van der Waals surface area contributed by atoms with Crippen molar-refractivity contribution in [3.63, 3.8) is 0 Å². The van der Waals surface area contributed by atoms with Gasteiger partial charge in [0.25, 0.3) is 0 Å². The van der Waals surface area contributed by atoms with Crippen molar-refractivity contribution in [1.29, 1.82) is 0 Å². The summed E-state index contributed by atoms with van der Waals surface area (Å²) in [6, 6.07) is 5.82. The minimum atomic E-state index is 0.761. The fourth-order valence-corrected chi connectivity index (χ4v) is 1.96. The highest BCUT2D eigenvalue weighted by atomic mass is 79.9. The molecule has 0 atom stereocenters. The van der Waals surface area contributed by atoms with E-state index in [2.05, 4.69) is 26.2 Å². The summed E-state index contributed by atoms with van der Waals surface area (Å²) in [7, 11) is 0. The summed E-state index contributed by atoms with van der Waals surface area (Å²) < 4.78 is 0.964. The van der Waals surface area contributed by atoms with E-state index in [1.165, 1.54) is 0 Å². The summed E-state index contributed by atoms with van der Waals surface area (Å²) in [6.45, 7) is 2.90. The molecule has 0 aliphatic rings. The normalized spacial score (nSPS) is 10.5. The average molecular weight is 266 g/mol. The quantitative estimate of drug-likeness (QED) is 0.821. The molecule has 15 heavy (non-hydrogen) atoms. The molecule has 1 aromatic heterocycles. The molecule has 0 aliphatic carbocycles. The lowest BCUT2D eigenvalue weighted by atomic mass is 10.1. The third kappa shape index (κ3) is 1.90. The Bertz CT molecular complexity index is 496. The lowest BCUT2D eigenvalue weighted by Crippen LogP contribution is -2.00. The van der Waals surface area contributed by atoms with Crippen LogP contribution in [-0.2, 0) is 0 Å². The number of aromatic nitrogens is 1. The van der Waals surface area contributed by atoms with Crippen molar-refractivity contribution in [2.24, 2.45) is 0 Å². The Labute approximate surface area is 96.8 Å². The van der Waals surface area contributed by atoms with Crippen LogP contribution >= 0.6 is 15.9 Å². The Morgan fingerprint density at radius 1 is 1.40 bits per heavy atom. The molecule has 1 aromatic carbocycles. The van der Waals surface area contributed by atoms with Gasteiger partial charge in [-0.1, -0.05) is 0 Å². The number of pyridine rings is 1. The lowest BCUT2D eigenvalue weighted by molar-refractivity contribution is 1.17. The number of nitrogens with two attached hydrogens (primary N) is 1. The monoisotopic (exact) mass is 265 g/mol. The van der Waals surface area contributed by atoms with E-state index in [1.54, 1.807) is 6.20 Å². The van der Waals surface area contributed by atoms with E-state index in [1.807, 2.05) is 25.1 Å². The largest absolute Gasteiger partial charge is 0.399 e. The molecule has 3 nitrogen and oxygen atoms in total. The second-order valence-electron chi connectivity index (χ2n) is 3.29. The number of hydrogen-bond donors (Lipinski definition) is 2.